The summed E-state index contributed by atoms with van der Waals surface area (Å²) in [5.41, 5.74) is 1.73. The molecule has 0 radical (unpaired) electrons. The Hall–Kier alpha value is -2.97. The Morgan fingerprint density at radius 3 is 2.36 bits per heavy atom. The Bertz CT molecular complexity index is 1010. The van der Waals surface area contributed by atoms with Gasteiger partial charge < -0.3 is 19.3 Å². The highest BCUT2D eigenvalue weighted by molar-refractivity contribution is 5.77. The Morgan fingerprint density at radius 2 is 1.72 bits per heavy atom. The summed E-state index contributed by atoms with van der Waals surface area (Å²) in [6, 6.07) is 16.7. The molecule has 2 aliphatic heterocycles. The van der Waals surface area contributed by atoms with E-state index < -0.39 is 5.60 Å². The Kier molecular flexibility index (Phi) is 9.97. The van der Waals surface area contributed by atoms with E-state index in [9.17, 15) is 9.59 Å². The van der Waals surface area contributed by atoms with Crippen LogP contribution in [0.25, 0.3) is 0 Å². The van der Waals surface area contributed by atoms with Crippen molar-refractivity contribution in [1.82, 2.24) is 19.7 Å². The lowest BCUT2D eigenvalue weighted by atomic mass is 9.92. The van der Waals surface area contributed by atoms with Crippen LogP contribution in [-0.2, 0) is 14.3 Å². The van der Waals surface area contributed by atoms with E-state index in [1.54, 1.807) is 12.0 Å². The molecule has 0 saturated carbocycles. The van der Waals surface area contributed by atoms with Crippen molar-refractivity contribution in [2.45, 2.75) is 64.1 Å². The number of amides is 2. The normalized spacial score (nSPS) is 20.1. The molecule has 8 heteroatoms. The highest BCUT2D eigenvalue weighted by Gasteiger charge is 2.36. The Balaban J connectivity index is 1.40. The van der Waals surface area contributed by atoms with Gasteiger partial charge in [-0.15, -0.1) is 0 Å². The molecule has 3 heterocycles. The number of benzene rings is 1. The van der Waals surface area contributed by atoms with Crippen LogP contribution in [0.3, 0.4) is 0 Å². The van der Waals surface area contributed by atoms with Crippen LogP contribution in [0.2, 0.25) is 0 Å². The molecule has 2 saturated heterocycles. The molecule has 212 valence electrons. The number of hydrogen-bond acceptors (Lipinski definition) is 6. The van der Waals surface area contributed by atoms with E-state index in [1.807, 2.05) is 45.2 Å². The number of carbonyl (C=O) groups is 2. The van der Waals surface area contributed by atoms with Crippen molar-refractivity contribution in [1.29, 1.82) is 0 Å². The number of methoxy groups -OCH3 is 1. The molecule has 2 aliphatic rings. The van der Waals surface area contributed by atoms with E-state index in [-0.39, 0.29) is 30.0 Å². The third kappa shape index (κ3) is 8.02. The molecule has 0 spiro atoms. The third-order valence-electron chi connectivity index (χ3n) is 7.67. The van der Waals surface area contributed by atoms with Gasteiger partial charge in [0.15, 0.2) is 0 Å². The first-order chi connectivity index (χ1) is 18.7. The number of pyridine rings is 1. The fourth-order valence-electron chi connectivity index (χ4n) is 5.70. The largest absolute Gasteiger partial charge is 0.444 e. The number of nitrogens with zero attached hydrogens (tertiary/aromatic N) is 4. The number of ether oxygens (including phenoxy) is 2. The molecule has 4 rings (SSSR count). The molecule has 1 unspecified atom stereocenters. The second-order valence-corrected chi connectivity index (χ2v) is 11.7. The van der Waals surface area contributed by atoms with Crippen LogP contribution in [0.1, 0.15) is 63.8 Å². The number of hydrogen-bond donors (Lipinski definition) is 0. The zero-order chi connectivity index (χ0) is 27.8. The number of aromatic nitrogens is 1. The predicted molar refractivity (Wildman–Crippen MR) is 151 cm³/mol. The highest BCUT2D eigenvalue weighted by atomic mass is 16.6. The summed E-state index contributed by atoms with van der Waals surface area (Å²) < 4.78 is 11.0. The minimum atomic E-state index is -0.501. The summed E-state index contributed by atoms with van der Waals surface area (Å²) in [6.07, 6.45) is 4.55. The average Bonchev–Trinajstić information content (AvgIpc) is 2.93. The van der Waals surface area contributed by atoms with Gasteiger partial charge >= 0.3 is 6.09 Å². The van der Waals surface area contributed by atoms with Gasteiger partial charge in [-0.2, -0.15) is 0 Å². The van der Waals surface area contributed by atoms with Crippen LogP contribution >= 0.6 is 0 Å². The van der Waals surface area contributed by atoms with E-state index in [0.717, 1.165) is 38.0 Å². The van der Waals surface area contributed by atoms with Gasteiger partial charge in [-0.3, -0.25) is 14.7 Å². The van der Waals surface area contributed by atoms with Gasteiger partial charge in [0.25, 0.3) is 0 Å². The van der Waals surface area contributed by atoms with E-state index in [2.05, 4.69) is 40.1 Å². The van der Waals surface area contributed by atoms with Crippen molar-refractivity contribution < 1.29 is 19.1 Å². The first kappa shape index (κ1) is 29.0. The maximum absolute atomic E-state index is 13.6. The van der Waals surface area contributed by atoms with Crippen LogP contribution in [0.4, 0.5) is 4.79 Å². The molecule has 1 aromatic carbocycles. The molecule has 2 atom stereocenters. The standard InChI is InChI=1S/C31H44N4O4/c1-31(2,3)39-30(37)33-17-13-24(14-18-33)22-28(36)35-20-19-34(23-26(35)15-21-38-4)29(25-10-6-5-7-11-25)27-12-8-9-16-32-27/h5-12,16,24,26,29H,13-15,17-23H2,1-4H3/t26-,29?/m0/s1. The third-order valence-corrected chi connectivity index (χ3v) is 7.67. The predicted octanol–water partition coefficient (Wildman–Crippen LogP) is 4.76. The summed E-state index contributed by atoms with van der Waals surface area (Å²) in [6.45, 7) is 9.76. The van der Waals surface area contributed by atoms with Crippen LogP contribution in [0.5, 0.6) is 0 Å². The van der Waals surface area contributed by atoms with Crippen molar-refractivity contribution in [2.75, 3.05) is 46.4 Å². The van der Waals surface area contributed by atoms with Crippen molar-refractivity contribution in [3.63, 3.8) is 0 Å². The van der Waals surface area contributed by atoms with E-state index >= 15 is 0 Å². The van der Waals surface area contributed by atoms with E-state index in [4.69, 9.17) is 14.5 Å². The lowest BCUT2D eigenvalue weighted by Crippen LogP contribution is -2.56. The number of likely N-dealkylation sites (tertiary alicyclic amines) is 1. The van der Waals surface area contributed by atoms with Gasteiger partial charge in [-0.25, -0.2) is 4.79 Å². The fraction of sp³-hybridized carbons (Fsp3) is 0.581. The topological polar surface area (TPSA) is 75.2 Å². The number of piperidine rings is 1. The number of carbonyl (C=O) groups excluding carboxylic acids is 2. The molecule has 0 N–H and O–H groups in total. The fourth-order valence-corrected chi connectivity index (χ4v) is 5.70. The molecule has 2 amide bonds. The summed E-state index contributed by atoms with van der Waals surface area (Å²) in [7, 11) is 1.71. The number of piperazine rings is 1. The Labute approximate surface area is 233 Å². The minimum absolute atomic E-state index is 0.0341. The second kappa shape index (κ2) is 13.4. The first-order valence-corrected chi connectivity index (χ1v) is 14.2. The van der Waals surface area contributed by atoms with Crippen molar-refractivity contribution >= 4 is 12.0 Å². The monoisotopic (exact) mass is 536 g/mol. The zero-order valence-corrected chi connectivity index (χ0v) is 23.9. The number of rotatable bonds is 8. The lowest BCUT2D eigenvalue weighted by Gasteiger charge is -2.45. The molecule has 2 aromatic rings. The maximum Gasteiger partial charge on any atom is 0.410 e. The van der Waals surface area contributed by atoms with Gasteiger partial charge in [-0.05, 0) is 63.6 Å². The summed E-state index contributed by atoms with van der Waals surface area (Å²) in [4.78, 5) is 37.1. The summed E-state index contributed by atoms with van der Waals surface area (Å²) in [5, 5.41) is 0. The van der Waals surface area contributed by atoms with E-state index in [0.29, 0.717) is 32.7 Å². The van der Waals surface area contributed by atoms with Crippen molar-refractivity contribution in [3.8, 4) is 0 Å². The van der Waals surface area contributed by atoms with Crippen LogP contribution in [-0.4, -0.2) is 89.8 Å². The summed E-state index contributed by atoms with van der Waals surface area (Å²) >= 11 is 0. The quantitative estimate of drug-likeness (QED) is 0.484. The molecule has 39 heavy (non-hydrogen) atoms. The molecule has 2 fully saturated rings. The zero-order valence-electron chi connectivity index (χ0n) is 23.9. The molecule has 0 bridgehead atoms. The lowest BCUT2D eigenvalue weighted by molar-refractivity contribution is -0.138. The van der Waals surface area contributed by atoms with Crippen molar-refractivity contribution in [2.24, 2.45) is 5.92 Å². The van der Waals surface area contributed by atoms with Crippen molar-refractivity contribution in [3.05, 3.63) is 66.0 Å². The van der Waals surface area contributed by atoms with Crippen LogP contribution < -0.4 is 0 Å². The molecular weight excluding hydrogens is 492 g/mol. The van der Waals surface area contributed by atoms with Gasteiger partial charge in [0.05, 0.1) is 11.7 Å². The Morgan fingerprint density at radius 1 is 1.00 bits per heavy atom. The van der Waals surface area contributed by atoms with Gasteiger partial charge in [0.1, 0.15) is 5.60 Å². The minimum Gasteiger partial charge on any atom is -0.444 e. The molecule has 0 aliphatic carbocycles. The smallest absolute Gasteiger partial charge is 0.410 e. The maximum atomic E-state index is 13.6. The highest BCUT2D eigenvalue weighted by Crippen LogP contribution is 2.31. The average molecular weight is 537 g/mol. The SMILES string of the molecule is COCC[C@H]1CN(C(c2ccccc2)c2ccccn2)CCN1C(=O)CC1CCN(C(=O)OC(C)(C)C)CC1. The van der Waals surface area contributed by atoms with Crippen LogP contribution in [0, 0.1) is 5.92 Å². The molecule has 8 nitrogen and oxygen atoms in total. The first-order valence-electron chi connectivity index (χ1n) is 14.2. The van der Waals surface area contributed by atoms with Gasteiger partial charge in [-0.1, -0.05) is 36.4 Å². The van der Waals surface area contributed by atoms with Gasteiger partial charge in [0, 0.05) is 65.1 Å². The van der Waals surface area contributed by atoms with Gasteiger partial charge in [0.2, 0.25) is 5.91 Å². The summed E-state index contributed by atoms with van der Waals surface area (Å²) in [5.74, 6) is 0.489. The molecule has 1 aromatic heterocycles. The molecular formula is C31H44N4O4. The second-order valence-electron chi connectivity index (χ2n) is 11.7. The van der Waals surface area contributed by atoms with Crippen LogP contribution in [0.15, 0.2) is 54.7 Å². The van der Waals surface area contributed by atoms with E-state index in [1.165, 1.54) is 5.56 Å².